The average molecular weight is 485 g/mol. The van der Waals surface area contributed by atoms with Crippen LogP contribution in [-0.2, 0) is 46.6 Å². The number of carbonyl (C=O) groups is 4. The third kappa shape index (κ3) is 11.4. The van der Waals surface area contributed by atoms with Crippen molar-refractivity contribution in [1.29, 1.82) is 0 Å². The molecule has 0 heterocycles. The number of hydrogen-bond acceptors (Lipinski definition) is 9. The molecule has 35 heavy (non-hydrogen) atoms. The Bertz CT molecular complexity index is 873. The van der Waals surface area contributed by atoms with Crippen LogP contribution in [0.5, 0.6) is 0 Å². The molecule has 2 unspecified atom stereocenters. The Morgan fingerprint density at radius 3 is 1.37 bits per heavy atom. The van der Waals surface area contributed by atoms with Crippen molar-refractivity contribution < 1.29 is 33.4 Å². The number of rotatable bonds is 14. The molecule has 0 bridgehead atoms. The molecule has 2 aromatic carbocycles. The maximum Gasteiger partial charge on any atom is 0.323 e. The number of nitrogens with two attached hydrogens (primary N) is 2. The van der Waals surface area contributed by atoms with E-state index in [1.54, 1.807) is 0 Å². The van der Waals surface area contributed by atoms with E-state index in [1.165, 1.54) is 0 Å². The molecule has 2 atom stereocenters. The van der Waals surface area contributed by atoms with Crippen LogP contribution >= 0.6 is 0 Å². The fraction of sp³-hybridized carbons (Fsp3) is 0.385. The third-order valence-electron chi connectivity index (χ3n) is 5.07. The van der Waals surface area contributed by atoms with Crippen molar-refractivity contribution in [1.82, 2.24) is 0 Å². The first kappa shape index (κ1) is 27.7. The molecular formula is C26H32N2O7. The molecule has 2 aromatic rings. The first-order chi connectivity index (χ1) is 16.8. The van der Waals surface area contributed by atoms with E-state index in [-0.39, 0.29) is 51.7 Å². The van der Waals surface area contributed by atoms with Crippen molar-refractivity contribution in [2.24, 2.45) is 11.5 Å². The molecule has 188 valence electrons. The molecule has 0 aromatic heterocycles. The number of carbonyl (C=O) groups excluding carboxylic acids is 4. The summed E-state index contributed by atoms with van der Waals surface area (Å²) in [4.78, 5) is 47.6. The van der Waals surface area contributed by atoms with Crippen LogP contribution < -0.4 is 11.5 Å². The maximum atomic E-state index is 11.9. The van der Waals surface area contributed by atoms with Gasteiger partial charge in [0.1, 0.15) is 25.3 Å². The van der Waals surface area contributed by atoms with Gasteiger partial charge in [0, 0.05) is 12.8 Å². The minimum Gasteiger partial charge on any atom is -0.460 e. The summed E-state index contributed by atoms with van der Waals surface area (Å²) < 4.78 is 15.1. The van der Waals surface area contributed by atoms with Crippen molar-refractivity contribution in [2.45, 2.75) is 63.8 Å². The molecule has 9 heteroatoms. The van der Waals surface area contributed by atoms with Crippen LogP contribution in [-0.4, -0.2) is 36.0 Å². The van der Waals surface area contributed by atoms with Crippen molar-refractivity contribution in [3.63, 3.8) is 0 Å². The largest absolute Gasteiger partial charge is 0.460 e. The number of benzene rings is 2. The second-order valence-corrected chi connectivity index (χ2v) is 8.03. The molecule has 0 spiro atoms. The van der Waals surface area contributed by atoms with Gasteiger partial charge in [-0.2, -0.15) is 0 Å². The number of hydrogen-bond donors (Lipinski definition) is 2. The summed E-state index contributed by atoms with van der Waals surface area (Å²) in [6, 6.07) is 16.7. The van der Waals surface area contributed by atoms with Gasteiger partial charge in [0.15, 0.2) is 0 Å². The van der Waals surface area contributed by atoms with Crippen molar-refractivity contribution in [2.75, 3.05) is 0 Å². The van der Waals surface area contributed by atoms with Gasteiger partial charge in [-0.25, -0.2) is 0 Å². The molecular weight excluding hydrogens is 452 g/mol. The quantitative estimate of drug-likeness (QED) is 0.234. The van der Waals surface area contributed by atoms with Crippen molar-refractivity contribution in [3.05, 3.63) is 71.8 Å². The zero-order chi connectivity index (χ0) is 25.5. The molecule has 4 N–H and O–H groups in total. The van der Waals surface area contributed by atoms with E-state index in [1.807, 2.05) is 60.7 Å². The molecule has 0 aliphatic carbocycles. The molecule has 0 aliphatic rings. The van der Waals surface area contributed by atoms with E-state index in [4.69, 9.17) is 25.7 Å². The van der Waals surface area contributed by atoms with Crippen LogP contribution in [0.15, 0.2) is 60.7 Å². The predicted octanol–water partition coefficient (Wildman–Crippen LogP) is 2.54. The third-order valence-corrected chi connectivity index (χ3v) is 5.07. The van der Waals surface area contributed by atoms with E-state index in [0.717, 1.165) is 11.1 Å². The van der Waals surface area contributed by atoms with Gasteiger partial charge in [-0.05, 0) is 36.8 Å². The van der Waals surface area contributed by atoms with E-state index in [9.17, 15) is 19.2 Å². The van der Waals surface area contributed by atoms with Crippen LogP contribution in [0.1, 0.15) is 49.7 Å². The van der Waals surface area contributed by atoms with Crippen molar-refractivity contribution >= 4 is 23.9 Å². The fourth-order valence-corrected chi connectivity index (χ4v) is 3.07. The van der Waals surface area contributed by atoms with E-state index >= 15 is 0 Å². The highest BCUT2D eigenvalue weighted by Crippen LogP contribution is 2.08. The van der Waals surface area contributed by atoms with Crippen LogP contribution in [0, 0.1) is 0 Å². The predicted molar refractivity (Wildman–Crippen MR) is 127 cm³/mol. The summed E-state index contributed by atoms with van der Waals surface area (Å²) in [5, 5.41) is 0. The van der Waals surface area contributed by atoms with Gasteiger partial charge >= 0.3 is 23.9 Å². The van der Waals surface area contributed by atoms with E-state index in [0.29, 0.717) is 0 Å². The van der Waals surface area contributed by atoms with Crippen LogP contribution in [0.3, 0.4) is 0 Å². The van der Waals surface area contributed by atoms with Gasteiger partial charge < -0.3 is 25.7 Å². The summed E-state index contributed by atoms with van der Waals surface area (Å²) >= 11 is 0. The Morgan fingerprint density at radius 1 is 0.629 bits per heavy atom. The molecule has 9 nitrogen and oxygen atoms in total. The second-order valence-electron chi connectivity index (χ2n) is 8.03. The fourth-order valence-electron chi connectivity index (χ4n) is 3.07. The van der Waals surface area contributed by atoms with Gasteiger partial charge in [0.05, 0.1) is 0 Å². The van der Waals surface area contributed by atoms with Crippen LogP contribution in [0.25, 0.3) is 0 Å². The zero-order valence-electron chi connectivity index (χ0n) is 19.6. The summed E-state index contributed by atoms with van der Waals surface area (Å²) in [7, 11) is 0. The summed E-state index contributed by atoms with van der Waals surface area (Å²) in [5.74, 6) is -2.52. The Hall–Kier alpha value is -3.56. The lowest BCUT2D eigenvalue weighted by Gasteiger charge is -2.12. The van der Waals surface area contributed by atoms with Crippen LogP contribution in [0.4, 0.5) is 0 Å². The SMILES string of the molecule is NC(CCCC(=O)OC(=O)CCCC(N)C(=O)OCc1ccccc1)C(=O)OCc1ccccc1. The smallest absolute Gasteiger partial charge is 0.323 e. The van der Waals surface area contributed by atoms with E-state index < -0.39 is 36.0 Å². The normalized spacial score (nSPS) is 12.3. The lowest BCUT2D eigenvalue weighted by Crippen LogP contribution is -2.32. The van der Waals surface area contributed by atoms with Crippen LogP contribution in [0.2, 0.25) is 0 Å². The van der Waals surface area contributed by atoms with Crippen molar-refractivity contribution in [3.8, 4) is 0 Å². The van der Waals surface area contributed by atoms with Gasteiger partial charge in [-0.1, -0.05) is 60.7 Å². The minimum absolute atomic E-state index is 0.0588. The lowest BCUT2D eigenvalue weighted by molar-refractivity contribution is -0.160. The standard InChI is InChI=1S/C26H32N2O7/c27-21(25(31)33-17-19-9-3-1-4-10-19)13-7-15-23(29)35-24(30)16-8-14-22(28)26(32)34-18-20-11-5-2-6-12-20/h1-6,9-12,21-22H,7-8,13-18,27-28H2. The maximum absolute atomic E-state index is 11.9. The summed E-state index contributed by atoms with van der Waals surface area (Å²) in [6.45, 7) is 0.247. The molecule has 0 saturated carbocycles. The van der Waals surface area contributed by atoms with E-state index in [2.05, 4.69) is 0 Å². The minimum atomic E-state index is -0.870. The first-order valence-electron chi connectivity index (χ1n) is 11.5. The topological polar surface area (TPSA) is 148 Å². The van der Waals surface area contributed by atoms with Gasteiger partial charge in [-0.15, -0.1) is 0 Å². The summed E-state index contributed by atoms with van der Waals surface area (Å²) in [6.07, 6.45) is 0.860. The Kier molecular flexibility index (Phi) is 12.2. The molecule has 0 amide bonds. The molecule has 2 rings (SSSR count). The highest BCUT2D eigenvalue weighted by molar-refractivity contribution is 5.85. The Labute approximate surface area is 204 Å². The lowest BCUT2D eigenvalue weighted by atomic mass is 10.1. The van der Waals surface area contributed by atoms with Gasteiger partial charge in [0.2, 0.25) is 0 Å². The average Bonchev–Trinajstić information content (AvgIpc) is 2.86. The number of ether oxygens (including phenoxy) is 3. The van der Waals surface area contributed by atoms with Gasteiger partial charge in [-0.3, -0.25) is 19.2 Å². The molecule has 0 fully saturated rings. The molecule has 0 radical (unpaired) electrons. The zero-order valence-corrected chi connectivity index (χ0v) is 19.6. The highest BCUT2D eigenvalue weighted by Gasteiger charge is 2.18. The Balaban J connectivity index is 1.54. The van der Waals surface area contributed by atoms with Gasteiger partial charge in [0.25, 0.3) is 0 Å². The monoisotopic (exact) mass is 484 g/mol. The molecule has 0 saturated heterocycles. The summed E-state index contributed by atoms with van der Waals surface area (Å²) in [5.41, 5.74) is 13.3. The first-order valence-corrected chi connectivity index (χ1v) is 11.5. The Morgan fingerprint density at radius 2 is 1.00 bits per heavy atom. The highest BCUT2D eigenvalue weighted by atomic mass is 16.6. The second kappa shape index (κ2) is 15.4. The number of esters is 4. The molecule has 0 aliphatic heterocycles.